The zero-order chi connectivity index (χ0) is 14.9. The molecule has 1 aliphatic heterocycles. The quantitative estimate of drug-likeness (QED) is 0.708. The van der Waals surface area contributed by atoms with Crippen LogP contribution in [0.25, 0.3) is 0 Å². The van der Waals surface area contributed by atoms with Crippen LogP contribution in [0.15, 0.2) is 24.3 Å². The van der Waals surface area contributed by atoms with Gasteiger partial charge in [-0.05, 0) is 50.0 Å². The van der Waals surface area contributed by atoms with E-state index in [2.05, 4.69) is 48.3 Å². The van der Waals surface area contributed by atoms with Crippen molar-refractivity contribution in [2.75, 3.05) is 32.8 Å². The van der Waals surface area contributed by atoms with Crippen LogP contribution in [-0.4, -0.2) is 43.8 Å². The molecule has 118 valence electrons. The Labute approximate surface area is 129 Å². The molecule has 0 bridgehead atoms. The monoisotopic (exact) mass is 290 g/mol. The predicted octanol–water partition coefficient (Wildman–Crippen LogP) is 2.84. The average molecular weight is 290 g/mol. The summed E-state index contributed by atoms with van der Waals surface area (Å²) >= 11 is 0. The Bertz CT molecular complexity index is 385. The lowest BCUT2D eigenvalue weighted by Crippen LogP contribution is -2.31. The van der Waals surface area contributed by atoms with Crippen LogP contribution in [0, 0.1) is 0 Å². The van der Waals surface area contributed by atoms with Crippen LogP contribution >= 0.6 is 0 Å². The Morgan fingerprint density at radius 3 is 2.57 bits per heavy atom. The van der Waals surface area contributed by atoms with E-state index in [1.807, 2.05) is 0 Å². The van der Waals surface area contributed by atoms with Gasteiger partial charge in [0.05, 0.1) is 6.10 Å². The van der Waals surface area contributed by atoms with E-state index in [0.29, 0.717) is 6.10 Å². The van der Waals surface area contributed by atoms with E-state index in [1.54, 1.807) is 0 Å². The van der Waals surface area contributed by atoms with Crippen molar-refractivity contribution in [3.63, 3.8) is 0 Å². The molecule has 1 fully saturated rings. The third-order valence-corrected chi connectivity index (χ3v) is 4.20. The molecule has 0 radical (unpaired) electrons. The van der Waals surface area contributed by atoms with Gasteiger partial charge in [-0.25, -0.2) is 0 Å². The van der Waals surface area contributed by atoms with Crippen molar-refractivity contribution in [2.24, 2.45) is 0 Å². The highest BCUT2D eigenvalue weighted by Crippen LogP contribution is 2.15. The molecule has 1 N–H and O–H groups in total. The van der Waals surface area contributed by atoms with Crippen LogP contribution in [-0.2, 0) is 17.7 Å². The van der Waals surface area contributed by atoms with Crippen LogP contribution in [0.1, 0.15) is 37.8 Å². The van der Waals surface area contributed by atoms with Crippen molar-refractivity contribution in [3.05, 3.63) is 35.4 Å². The first-order valence-electron chi connectivity index (χ1n) is 8.44. The summed E-state index contributed by atoms with van der Waals surface area (Å²) < 4.78 is 5.75. The predicted molar refractivity (Wildman–Crippen MR) is 88.6 cm³/mol. The summed E-state index contributed by atoms with van der Waals surface area (Å²) in [6.45, 7) is 10.6. The van der Waals surface area contributed by atoms with Crippen molar-refractivity contribution in [2.45, 2.75) is 45.8 Å². The molecule has 1 saturated heterocycles. The smallest absolute Gasteiger partial charge is 0.0702 e. The van der Waals surface area contributed by atoms with E-state index >= 15 is 0 Å². The van der Waals surface area contributed by atoms with Crippen LogP contribution in [0.2, 0.25) is 0 Å². The summed E-state index contributed by atoms with van der Waals surface area (Å²) in [4.78, 5) is 2.49. The Morgan fingerprint density at radius 2 is 1.95 bits per heavy atom. The topological polar surface area (TPSA) is 24.5 Å². The fourth-order valence-corrected chi connectivity index (χ4v) is 2.86. The highest BCUT2D eigenvalue weighted by atomic mass is 16.5. The number of rotatable bonds is 9. The van der Waals surface area contributed by atoms with E-state index in [4.69, 9.17) is 4.74 Å². The lowest BCUT2D eigenvalue weighted by atomic mass is 10.1. The Morgan fingerprint density at radius 1 is 1.19 bits per heavy atom. The molecule has 0 amide bonds. The highest BCUT2D eigenvalue weighted by Gasteiger charge is 2.18. The third-order valence-electron chi connectivity index (χ3n) is 4.20. The maximum atomic E-state index is 5.75. The Hall–Kier alpha value is -0.900. The molecule has 0 saturated carbocycles. The standard InChI is InChI=1S/C18H30N2O/c1-3-19-12-11-16-7-9-17(10-8-16)14-20(4-2)15-18-6-5-13-21-18/h7-10,18-19H,3-6,11-15H2,1-2H3. The van der Waals surface area contributed by atoms with Gasteiger partial charge in [0, 0.05) is 19.7 Å². The molecule has 1 aliphatic rings. The Kier molecular flexibility index (Phi) is 7.20. The molecule has 1 aromatic carbocycles. The molecule has 21 heavy (non-hydrogen) atoms. The van der Waals surface area contributed by atoms with Crippen molar-refractivity contribution < 1.29 is 4.74 Å². The molecule has 3 heteroatoms. The van der Waals surface area contributed by atoms with Gasteiger partial charge in [-0.2, -0.15) is 0 Å². The lowest BCUT2D eigenvalue weighted by Gasteiger charge is -2.23. The van der Waals surface area contributed by atoms with Crippen molar-refractivity contribution in [1.82, 2.24) is 10.2 Å². The summed E-state index contributed by atoms with van der Waals surface area (Å²) in [7, 11) is 0. The summed E-state index contributed by atoms with van der Waals surface area (Å²) in [6, 6.07) is 9.10. The number of hydrogen-bond donors (Lipinski definition) is 1. The second-order valence-corrected chi connectivity index (χ2v) is 5.88. The minimum atomic E-state index is 0.448. The Balaban J connectivity index is 1.79. The summed E-state index contributed by atoms with van der Waals surface area (Å²) in [5, 5.41) is 3.37. The van der Waals surface area contributed by atoms with Gasteiger partial charge in [0.1, 0.15) is 0 Å². The number of ether oxygens (including phenoxy) is 1. The molecule has 1 unspecified atom stereocenters. The SMILES string of the molecule is CCNCCc1ccc(CN(CC)CC2CCCO2)cc1. The third kappa shape index (κ3) is 5.77. The first-order valence-corrected chi connectivity index (χ1v) is 8.44. The summed E-state index contributed by atoms with van der Waals surface area (Å²) in [6.07, 6.45) is 4.01. The zero-order valence-electron chi connectivity index (χ0n) is 13.6. The number of nitrogens with one attached hydrogen (secondary N) is 1. The second-order valence-electron chi connectivity index (χ2n) is 5.88. The molecule has 2 rings (SSSR count). The van der Waals surface area contributed by atoms with Gasteiger partial charge in [0.15, 0.2) is 0 Å². The molecular weight excluding hydrogens is 260 g/mol. The summed E-state index contributed by atoms with van der Waals surface area (Å²) in [5.74, 6) is 0. The number of hydrogen-bond acceptors (Lipinski definition) is 3. The normalized spacial score (nSPS) is 18.5. The fraction of sp³-hybridized carbons (Fsp3) is 0.667. The van der Waals surface area contributed by atoms with Crippen LogP contribution in [0.3, 0.4) is 0 Å². The van der Waals surface area contributed by atoms with Gasteiger partial charge >= 0.3 is 0 Å². The summed E-state index contributed by atoms with van der Waals surface area (Å²) in [5.41, 5.74) is 2.82. The fourth-order valence-electron chi connectivity index (χ4n) is 2.86. The molecule has 3 nitrogen and oxygen atoms in total. The van der Waals surface area contributed by atoms with Crippen molar-refractivity contribution in [1.29, 1.82) is 0 Å². The van der Waals surface area contributed by atoms with E-state index in [1.165, 1.54) is 24.0 Å². The minimum Gasteiger partial charge on any atom is -0.377 e. The maximum Gasteiger partial charge on any atom is 0.0702 e. The van der Waals surface area contributed by atoms with Gasteiger partial charge in [0.2, 0.25) is 0 Å². The highest BCUT2D eigenvalue weighted by molar-refractivity contribution is 5.22. The van der Waals surface area contributed by atoms with E-state index < -0.39 is 0 Å². The lowest BCUT2D eigenvalue weighted by molar-refractivity contribution is 0.0725. The molecule has 1 heterocycles. The molecule has 0 aromatic heterocycles. The van der Waals surface area contributed by atoms with Crippen molar-refractivity contribution >= 4 is 0 Å². The minimum absolute atomic E-state index is 0.448. The van der Waals surface area contributed by atoms with Crippen LogP contribution in [0.5, 0.6) is 0 Å². The molecule has 1 atom stereocenters. The van der Waals surface area contributed by atoms with E-state index in [-0.39, 0.29) is 0 Å². The molecular formula is C18H30N2O. The van der Waals surface area contributed by atoms with E-state index in [9.17, 15) is 0 Å². The van der Waals surface area contributed by atoms with Gasteiger partial charge in [0.25, 0.3) is 0 Å². The number of benzene rings is 1. The number of likely N-dealkylation sites (N-methyl/N-ethyl adjacent to an activating group) is 2. The first-order chi connectivity index (χ1) is 10.3. The van der Waals surface area contributed by atoms with Crippen LogP contribution < -0.4 is 5.32 Å². The second kappa shape index (κ2) is 9.19. The largest absolute Gasteiger partial charge is 0.377 e. The zero-order valence-corrected chi connectivity index (χ0v) is 13.6. The maximum absolute atomic E-state index is 5.75. The van der Waals surface area contributed by atoms with E-state index in [0.717, 1.165) is 45.8 Å². The van der Waals surface area contributed by atoms with Gasteiger partial charge in [-0.15, -0.1) is 0 Å². The molecule has 1 aromatic rings. The van der Waals surface area contributed by atoms with Crippen LogP contribution in [0.4, 0.5) is 0 Å². The number of nitrogens with zero attached hydrogens (tertiary/aromatic N) is 1. The average Bonchev–Trinajstić information content (AvgIpc) is 3.01. The first kappa shape index (κ1) is 16.5. The van der Waals surface area contributed by atoms with Crippen molar-refractivity contribution in [3.8, 4) is 0 Å². The van der Waals surface area contributed by atoms with Gasteiger partial charge < -0.3 is 10.1 Å². The molecule has 0 aliphatic carbocycles. The van der Waals surface area contributed by atoms with Gasteiger partial charge in [-0.3, -0.25) is 4.90 Å². The van der Waals surface area contributed by atoms with Gasteiger partial charge in [-0.1, -0.05) is 38.1 Å². The molecule has 0 spiro atoms.